The number of carbonyl (C=O) groups is 4. The summed E-state index contributed by atoms with van der Waals surface area (Å²) in [5.74, 6) is -1.11. The van der Waals surface area contributed by atoms with Gasteiger partial charge < -0.3 is 19.7 Å². The lowest BCUT2D eigenvalue weighted by Gasteiger charge is -2.51. The van der Waals surface area contributed by atoms with Crippen molar-refractivity contribution < 1.29 is 28.7 Å². The first-order valence-electron chi connectivity index (χ1n) is 11.2. The lowest BCUT2D eigenvalue weighted by molar-refractivity contribution is -0.163. The third-order valence-electron chi connectivity index (χ3n) is 5.48. The lowest BCUT2D eigenvalue weighted by atomic mass is 9.98. The number of carbonyl (C=O) groups excluding carboxylic acids is 4. The van der Waals surface area contributed by atoms with E-state index in [4.69, 9.17) is 44.3 Å². The predicted molar refractivity (Wildman–Crippen MR) is 148 cm³/mol. The molecular formula is C25H21Cl3N2O6S2. The van der Waals surface area contributed by atoms with Gasteiger partial charge in [0.25, 0.3) is 5.91 Å². The molecule has 0 saturated carbocycles. The van der Waals surface area contributed by atoms with Crippen molar-refractivity contribution in [3.8, 4) is 5.75 Å². The Bertz CT molecular complexity index is 1230. The van der Waals surface area contributed by atoms with E-state index >= 15 is 0 Å². The van der Waals surface area contributed by atoms with Crippen LogP contribution in [0.3, 0.4) is 0 Å². The number of fused-ring (bicyclic) bond motifs is 1. The molecule has 4 rings (SSSR count). The van der Waals surface area contributed by atoms with E-state index < -0.39 is 45.6 Å². The van der Waals surface area contributed by atoms with Gasteiger partial charge in [0, 0.05) is 11.3 Å². The molecule has 200 valence electrons. The van der Waals surface area contributed by atoms with Crippen molar-refractivity contribution in [2.75, 3.05) is 19.0 Å². The van der Waals surface area contributed by atoms with Gasteiger partial charge in [-0.25, -0.2) is 4.79 Å². The maximum absolute atomic E-state index is 13.1. The number of halogens is 3. The number of ether oxygens (including phenoxy) is 2. The van der Waals surface area contributed by atoms with Gasteiger partial charge in [0.15, 0.2) is 12.6 Å². The summed E-state index contributed by atoms with van der Waals surface area (Å²) in [5, 5.41) is 3.61. The number of β-lactam (4-membered cyclic amide) rings is 1. The fourth-order valence-corrected chi connectivity index (χ4v) is 6.07. The summed E-state index contributed by atoms with van der Waals surface area (Å²) in [7, 11) is 0. The summed E-state index contributed by atoms with van der Waals surface area (Å²) < 4.78 is 8.79. The highest BCUT2D eigenvalue weighted by Crippen LogP contribution is 2.41. The Morgan fingerprint density at radius 1 is 1.03 bits per heavy atom. The second kappa shape index (κ2) is 12.7. The number of para-hydroxylation sites is 1. The van der Waals surface area contributed by atoms with Crippen molar-refractivity contribution in [1.82, 2.24) is 10.2 Å². The summed E-state index contributed by atoms with van der Waals surface area (Å²) >= 11 is 19.4. The zero-order valence-corrected chi connectivity index (χ0v) is 23.5. The normalized spacial score (nSPS) is 20.5. The molecule has 2 aliphatic heterocycles. The fraction of sp³-hybridized carbons (Fsp3) is 0.280. The average Bonchev–Trinajstić information content (AvgIpc) is 2.92. The largest absolute Gasteiger partial charge is 0.484 e. The molecule has 1 N–H and O–H groups in total. The van der Waals surface area contributed by atoms with E-state index in [-0.39, 0.29) is 17.5 Å². The number of esters is 1. The molecule has 2 unspecified atom stereocenters. The first-order chi connectivity index (χ1) is 18.1. The number of benzene rings is 2. The van der Waals surface area contributed by atoms with Crippen LogP contribution in [0.5, 0.6) is 5.75 Å². The fourth-order valence-electron chi connectivity index (χ4n) is 3.73. The highest BCUT2D eigenvalue weighted by Gasteiger charge is 2.56. The van der Waals surface area contributed by atoms with Crippen LogP contribution >= 0.6 is 58.3 Å². The zero-order valence-electron chi connectivity index (χ0n) is 19.6. The number of nitrogens with one attached hydrogen (secondary N) is 1. The predicted octanol–water partition coefficient (Wildman–Crippen LogP) is 4.20. The molecule has 0 radical (unpaired) electrons. The molecule has 38 heavy (non-hydrogen) atoms. The van der Waals surface area contributed by atoms with Crippen LogP contribution in [0.4, 0.5) is 0 Å². The number of nitrogens with zero attached hydrogens (tertiary/aromatic N) is 1. The first kappa shape index (κ1) is 28.6. The van der Waals surface area contributed by atoms with Gasteiger partial charge in [-0.3, -0.25) is 14.4 Å². The number of hydrogen-bond donors (Lipinski definition) is 1. The molecule has 2 heterocycles. The topological polar surface area (TPSA) is 102 Å². The van der Waals surface area contributed by atoms with Crippen molar-refractivity contribution >= 4 is 81.2 Å². The first-order valence-corrected chi connectivity index (χ1v) is 14.3. The SMILES string of the molecule is O=C(COc1ccccc1)NC1C(=O)N2C(C(=O)OCC(Cl)(Cl)Cl)C(CSC(=O)c3ccccc3)=CS[C@H]12. The Morgan fingerprint density at radius 2 is 1.68 bits per heavy atom. The van der Waals surface area contributed by atoms with Crippen molar-refractivity contribution in [2.45, 2.75) is 21.3 Å². The number of thioether (sulfide) groups is 2. The maximum atomic E-state index is 13.1. The summed E-state index contributed by atoms with van der Waals surface area (Å²) in [5.41, 5.74) is 0.996. The molecule has 0 aliphatic carbocycles. The summed E-state index contributed by atoms with van der Waals surface area (Å²) in [4.78, 5) is 52.5. The summed E-state index contributed by atoms with van der Waals surface area (Å²) in [6.07, 6.45) is 0. The van der Waals surface area contributed by atoms with E-state index in [1.54, 1.807) is 60.0 Å². The average molecular weight is 616 g/mol. The van der Waals surface area contributed by atoms with Crippen LogP contribution in [0.2, 0.25) is 0 Å². The number of amides is 2. The zero-order chi connectivity index (χ0) is 27.3. The quantitative estimate of drug-likeness (QED) is 0.254. The molecule has 2 amide bonds. The molecule has 2 aromatic carbocycles. The Morgan fingerprint density at radius 3 is 2.34 bits per heavy atom. The maximum Gasteiger partial charge on any atom is 0.333 e. The van der Waals surface area contributed by atoms with Gasteiger partial charge >= 0.3 is 5.97 Å². The van der Waals surface area contributed by atoms with Crippen molar-refractivity contribution in [1.29, 1.82) is 0 Å². The molecule has 8 nitrogen and oxygen atoms in total. The molecule has 3 atom stereocenters. The van der Waals surface area contributed by atoms with Crippen molar-refractivity contribution in [3.63, 3.8) is 0 Å². The van der Waals surface area contributed by atoms with Crippen LogP contribution < -0.4 is 10.1 Å². The van der Waals surface area contributed by atoms with E-state index in [1.165, 1.54) is 16.7 Å². The Hall–Kier alpha value is -2.37. The summed E-state index contributed by atoms with van der Waals surface area (Å²) in [6.45, 7) is -0.799. The minimum Gasteiger partial charge on any atom is -0.484 e. The molecule has 0 aromatic heterocycles. The minimum absolute atomic E-state index is 0.132. The monoisotopic (exact) mass is 614 g/mol. The van der Waals surface area contributed by atoms with Crippen LogP contribution in [0.25, 0.3) is 0 Å². The number of alkyl halides is 3. The van der Waals surface area contributed by atoms with Crippen molar-refractivity contribution in [3.05, 3.63) is 77.2 Å². The molecule has 2 aliphatic rings. The van der Waals surface area contributed by atoms with E-state index in [9.17, 15) is 19.2 Å². The van der Waals surface area contributed by atoms with Crippen LogP contribution in [-0.2, 0) is 19.1 Å². The standard InChI is InChI=1S/C25H21Cl3N2O6S2/c26-25(27,28)14-36-23(33)20-16(13-38-24(34)15-7-3-1-4-8-15)12-37-22-19(21(32)30(20)22)29-18(31)11-35-17-9-5-2-6-10-17/h1-10,12,19-20,22H,11,13-14H2,(H,29,31)/t19?,20?,22-/m1/s1. The van der Waals surface area contributed by atoms with Gasteiger partial charge in [0.05, 0.1) is 0 Å². The molecule has 1 fully saturated rings. The van der Waals surface area contributed by atoms with E-state index in [1.807, 2.05) is 6.07 Å². The van der Waals surface area contributed by atoms with Crippen LogP contribution in [0.1, 0.15) is 10.4 Å². The summed E-state index contributed by atoms with van der Waals surface area (Å²) in [6, 6.07) is 15.5. The second-order valence-electron chi connectivity index (χ2n) is 8.18. The molecular weight excluding hydrogens is 595 g/mol. The third-order valence-corrected chi connectivity index (χ3v) is 8.00. The van der Waals surface area contributed by atoms with E-state index in [0.29, 0.717) is 16.9 Å². The molecule has 0 bridgehead atoms. The molecule has 13 heteroatoms. The minimum atomic E-state index is -1.84. The second-order valence-corrected chi connectivity index (χ2v) is 12.6. The number of hydrogen-bond acceptors (Lipinski definition) is 8. The van der Waals surface area contributed by atoms with Crippen LogP contribution in [-0.4, -0.2) is 68.0 Å². The van der Waals surface area contributed by atoms with Gasteiger partial charge in [0.2, 0.25) is 14.8 Å². The molecule has 1 saturated heterocycles. The van der Waals surface area contributed by atoms with E-state index in [0.717, 1.165) is 11.8 Å². The van der Waals surface area contributed by atoms with Gasteiger partial charge in [-0.2, -0.15) is 0 Å². The van der Waals surface area contributed by atoms with Crippen LogP contribution in [0.15, 0.2) is 71.6 Å². The van der Waals surface area contributed by atoms with Gasteiger partial charge in [0.1, 0.15) is 23.8 Å². The third kappa shape index (κ3) is 7.18. The molecule has 2 aromatic rings. The Balaban J connectivity index is 1.43. The Kier molecular flexibility index (Phi) is 9.54. The van der Waals surface area contributed by atoms with Gasteiger partial charge in [-0.05, 0) is 23.1 Å². The molecule has 0 spiro atoms. The smallest absolute Gasteiger partial charge is 0.333 e. The Labute approximate surface area is 242 Å². The van der Waals surface area contributed by atoms with Crippen LogP contribution in [0, 0.1) is 0 Å². The lowest BCUT2D eigenvalue weighted by Crippen LogP contribution is -2.74. The van der Waals surface area contributed by atoms with Gasteiger partial charge in [-0.1, -0.05) is 95.1 Å². The number of rotatable bonds is 9. The van der Waals surface area contributed by atoms with Gasteiger partial charge in [-0.15, -0.1) is 11.8 Å². The van der Waals surface area contributed by atoms with E-state index in [2.05, 4.69) is 5.32 Å². The highest BCUT2D eigenvalue weighted by atomic mass is 35.6. The highest BCUT2D eigenvalue weighted by molar-refractivity contribution is 8.14. The van der Waals surface area contributed by atoms with Crippen molar-refractivity contribution in [2.24, 2.45) is 0 Å².